The Morgan fingerprint density at radius 3 is 2.28 bits per heavy atom. The van der Waals surface area contributed by atoms with Gasteiger partial charge < -0.3 is 15.0 Å². The molecule has 0 spiro atoms. The minimum atomic E-state index is -3.58. The molecule has 1 unspecified atom stereocenters. The van der Waals surface area contributed by atoms with Crippen LogP contribution in [0.1, 0.15) is 51.9 Å². The first-order valence-electron chi connectivity index (χ1n) is 11.5. The third-order valence-corrected chi connectivity index (χ3v) is 7.99. The van der Waals surface area contributed by atoms with Gasteiger partial charge in [0.05, 0.1) is 12.0 Å². The summed E-state index contributed by atoms with van der Waals surface area (Å²) in [6.45, 7) is 3.66. The zero-order valence-electron chi connectivity index (χ0n) is 19.0. The minimum Gasteiger partial charge on any atom is -0.497 e. The molecule has 1 aromatic rings. The van der Waals surface area contributed by atoms with E-state index in [9.17, 15) is 18.0 Å². The van der Waals surface area contributed by atoms with Crippen LogP contribution in [0.25, 0.3) is 0 Å². The highest BCUT2D eigenvalue weighted by Crippen LogP contribution is 2.29. The first kappa shape index (κ1) is 24.5. The number of likely N-dealkylation sites (tertiary alicyclic amines) is 1. The van der Waals surface area contributed by atoms with E-state index in [1.54, 1.807) is 19.1 Å². The summed E-state index contributed by atoms with van der Waals surface area (Å²) in [6, 6.07) is 5.78. The van der Waals surface area contributed by atoms with Gasteiger partial charge in [0, 0.05) is 25.6 Å². The molecule has 2 fully saturated rings. The van der Waals surface area contributed by atoms with Gasteiger partial charge in [-0.05, 0) is 82.1 Å². The molecule has 8 nitrogen and oxygen atoms in total. The quantitative estimate of drug-likeness (QED) is 0.613. The van der Waals surface area contributed by atoms with E-state index in [1.807, 2.05) is 4.90 Å². The summed E-state index contributed by atoms with van der Waals surface area (Å²) >= 11 is 0. The van der Waals surface area contributed by atoms with Crippen molar-refractivity contribution in [1.29, 1.82) is 0 Å². The van der Waals surface area contributed by atoms with E-state index in [2.05, 4.69) is 10.0 Å². The smallest absolute Gasteiger partial charge is 0.244 e. The van der Waals surface area contributed by atoms with Crippen molar-refractivity contribution in [2.45, 2.75) is 62.8 Å². The molecule has 1 aromatic carbocycles. The Labute approximate surface area is 191 Å². The number of carbonyl (C=O) groups is 2. The number of rotatable bonds is 8. The van der Waals surface area contributed by atoms with Crippen LogP contribution in [0.2, 0.25) is 0 Å². The van der Waals surface area contributed by atoms with Gasteiger partial charge in [0.1, 0.15) is 11.8 Å². The fourth-order valence-electron chi connectivity index (χ4n) is 4.48. The zero-order chi connectivity index (χ0) is 23.1. The number of ether oxygens (including phenoxy) is 1. The van der Waals surface area contributed by atoms with Gasteiger partial charge in [0.2, 0.25) is 21.8 Å². The zero-order valence-corrected chi connectivity index (χ0v) is 19.8. The Kier molecular flexibility index (Phi) is 8.53. The van der Waals surface area contributed by atoms with Gasteiger partial charge in [-0.3, -0.25) is 9.59 Å². The van der Waals surface area contributed by atoms with Crippen LogP contribution in [0.3, 0.4) is 0 Å². The first-order chi connectivity index (χ1) is 15.3. The van der Waals surface area contributed by atoms with Crippen molar-refractivity contribution in [3.8, 4) is 5.75 Å². The molecule has 178 valence electrons. The summed E-state index contributed by atoms with van der Waals surface area (Å²) in [5, 5.41) is 2.90. The van der Waals surface area contributed by atoms with Crippen LogP contribution in [0, 0.1) is 11.8 Å². The van der Waals surface area contributed by atoms with Crippen molar-refractivity contribution in [1.82, 2.24) is 14.9 Å². The maximum absolute atomic E-state index is 12.7. The molecule has 0 radical (unpaired) electrons. The summed E-state index contributed by atoms with van der Waals surface area (Å²) in [5.74, 6) is 0.604. The highest BCUT2D eigenvalue weighted by atomic mass is 32.2. The molecule has 1 aliphatic heterocycles. The first-order valence-corrected chi connectivity index (χ1v) is 13.0. The lowest BCUT2D eigenvalue weighted by molar-refractivity contribution is -0.138. The van der Waals surface area contributed by atoms with Crippen LogP contribution in [0.4, 0.5) is 0 Å². The largest absolute Gasteiger partial charge is 0.497 e. The Balaban J connectivity index is 1.42. The monoisotopic (exact) mass is 465 g/mol. The molecule has 0 aromatic heterocycles. The second-order valence-corrected chi connectivity index (χ2v) is 10.6. The summed E-state index contributed by atoms with van der Waals surface area (Å²) < 4.78 is 32.8. The van der Waals surface area contributed by atoms with Gasteiger partial charge in [0.25, 0.3) is 0 Å². The summed E-state index contributed by atoms with van der Waals surface area (Å²) in [7, 11) is -2.04. The van der Waals surface area contributed by atoms with Gasteiger partial charge in [0.15, 0.2) is 0 Å². The standard InChI is InChI=1S/C23H35N3O5S/c1-17(23(28)26-14-4-3-5-15-26)25-22(27)19-8-6-18(7-9-19)16-24-32(29,30)21-12-10-20(31-2)11-13-21/h10-13,17-19,24H,3-9,14-16H2,1-2H3,(H,25,27). The van der Waals surface area contributed by atoms with E-state index in [0.717, 1.165) is 45.2 Å². The summed E-state index contributed by atoms with van der Waals surface area (Å²) in [6.07, 6.45) is 6.16. The second-order valence-electron chi connectivity index (χ2n) is 8.86. The van der Waals surface area contributed by atoms with Crippen LogP contribution < -0.4 is 14.8 Å². The normalized spacial score (nSPS) is 22.8. The van der Waals surface area contributed by atoms with E-state index < -0.39 is 16.1 Å². The van der Waals surface area contributed by atoms with Crippen LogP contribution in [0.5, 0.6) is 5.75 Å². The molecule has 9 heteroatoms. The number of nitrogens with zero attached hydrogens (tertiary/aromatic N) is 1. The van der Waals surface area contributed by atoms with Crippen LogP contribution in [0.15, 0.2) is 29.2 Å². The van der Waals surface area contributed by atoms with Crippen molar-refractivity contribution < 1.29 is 22.7 Å². The van der Waals surface area contributed by atoms with Gasteiger partial charge in [-0.2, -0.15) is 0 Å². The number of hydrogen-bond donors (Lipinski definition) is 2. The lowest BCUT2D eigenvalue weighted by Gasteiger charge is -2.31. The van der Waals surface area contributed by atoms with Crippen molar-refractivity contribution >= 4 is 21.8 Å². The minimum absolute atomic E-state index is 0.000301. The number of nitrogens with one attached hydrogen (secondary N) is 2. The lowest BCUT2D eigenvalue weighted by Crippen LogP contribution is -2.50. The highest BCUT2D eigenvalue weighted by molar-refractivity contribution is 7.89. The van der Waals surface area contributed by atoms with Crippen molar-refractivity contribution in [2.24, 2.45) is 11.8 Å². The molecular weight excluding hydrogens is 430 g/mol. The number of sulfonamides is 1. The highest BCUT2D eigenvalue weighted by Gasteiger charge is 2.30. The molecule has 3 rings (SSSR count). The van der Waals surface area contributed by atoms with E-state index in [0.29, 0.717) is 25.1 Å². The maximum Gasteiger partial charge on any atom is 0.244 e. The number of amides is 2. The molecule has 2 amide bonds. The Morgan fingerprint density at radius 2 is 1.69 bits per heavy atom. The van der Waals surface area contributed by atoms with E-state index in [1.165, 1.54) is 19.2 Å². The fourth-order valence-corrected chi connectivity index (χ4v) is 5.59. The van der Waals surface area contributed by atoms with E-state index in [-0.39, 0.29) is 28.5 Å². The topological polar surface area (TPSA) is 105 Å². The number of piperidine rings is 1. The molecule has 0 bridgehead atoms. The third-order valence-electron chi connectivity index (χ3n) is 6.55. The third kappa shape index (κ3) is 6.45. The molecule has 2 N–H and O–H groups in total. The predicted octanol–water partition coefficient (Wildman–Crippen LogP) is 2.30. The van der Waals surface area contributed by atoms with Crippen LogP contribution >= 0.6 is 0 Å². The van der Waals surface area contributed by atoms with Crippen LogP contribution in [-0.2, 0) is 19.6 Å². The summed E-state index contributed by atoms with van der Waals surface area (Å²) in [4.78, 5) is 27.2. The lowest BCUT2D eigenvalue weighted by atomic mass is 9.81. The molecule has 1 heterocycles. The molecule has 2 aliphatic rings. The SMILES string of the molecule is COc1ccc(S(=O)(=O)NCC2CCC(C(=O)NC(C)C(=O)N3CCCCC3)CC2)cc1. The molecule has 1 saturated heterocycles. The van der Waals surface area contributed by atoms with Gasteiger partial charge >= 0.3 is 0 Å². The van der Waals surface area contributed by atoms with Crippen molar-refractivity contribution in [3.63, 3.8) is 0 Å². The molecule has 1 aliphatic carbocycles. The molecular formula is C23H35N3O5S. The number of carbonyl (C=O) groups excluding carboxylic acids is 2. The van der Waals surface area contributed by atoms with E-state index in [4.69, 9.17) is 4.74 Å². The average Bonchev–Trinajstić information content (AvgIpc) is 2.83. The Bertz CT molecular complexity index is 873. The molecule has 1 atom stereocenters. The second kappa shape index (κ2) is 11.1. The van der Waals surface area contributed by atoms with Crippen molar-refractivity contribution in [2.75, 3.05) is 26.7 Å². The van der Waals surface area contributed by atoms with Gasteiger partial charge in [-0.1, -0.05) is 0 Å². The van der Waals surface area contributed by atoms with Crippen molar-refractivity contribution in [3.05, 3.63) is 24.3 Å². The Hall–Kier alpha value is -2.13. The predicted molar refractivity (Wildman–Crippen MR) is 122 cm³/mol. The molecule has 1 saturated carbocycles. The number of hydrogen-bond acceptors (Lipinski definition) is 5. The van der Waals surface area contributed by atoms with Gasteiger partial charge in [-0.15, -0.1) is 0 Å². The maximum atomic E-state index is 12.7. The number of methoxy groups -OCH3 is 1. The Morgan fingerprint density at radius 1 is 1.06 bits per heavy atom. The summed E-state index contributed by atoms with van der Waals surface area (Å²) in [5.41, 5.74) is 0. The number of benzene rings is 1. The fraction of sp³-hybridized carbons (Fsp3) is 0.652. The van der Waals surface area contributed by atoms with E-state index >= 15 is 0 Å². The van der Waals surface area contributed by atoms with Crippen LogP contribution in [-0.4, -0.2) is 57.9 Å². The molecule has 32 heavy (non-hydrogen) atoms. The van der Waals surface area contributed by atoms with Gasteiger partial charge in [-0.25, -0.2) is 13.1 Å². The average molecular weight is 466 g/mol.